The Bertz CT molecular complexity index is 845. The summed E-state index contributed by atoms with van der Waals surface area (Å²) in [5.41, 5.74) is 7.60. The molecule has 0 aliphatic heterocycles. The van der Waals surface area contributed by atoms with Gasteiger partial charge in [0.2, 0.25) is 0 Å². The van der Waals surface area contributed by atoms with E-state index in [0.29, 0.717) is 12.5 Å². The van der Waals surface area contributed by atoms with E-state index in [1.54, 1.807) is 6.92 Å². The Hall–Kier alpha value is -1.65. The van der Waals surface area contributed by atoms with E-state index in [9.17, 15) is 15.0 Å². The Labute approximate surface area is 238 Å². The van der Waals surface area contributed by atoms with Crippen LogP contribution in [0.3, 0.4) is 0 Å². The Balaban J connectivity index is 1.85. The highest BCUT2D eigenvalue weighted by molar-refractivity contribution is 5.71. The molecule has 0 saturated heterocycles. The van der Waals surface area contributed by atoms with Crippen molar-refractivity contribution in [2.75, 3.05) is 6.54 Å². The summed E-state index contributed by atoms with van der Waals surface area (Å²) in [4.78, 5) is 12.8. The van der Waals surface area contributed by atoms with Crippen molar-refractivity contribution in [3.8, 4) is 0 Å². The lowest BCUT2D eigenvalue weighted by Gasteiger charge is -2.55. The van der Waals surface area contributed by atoms with E-state index >= 15 is 0 Å². The van der Waals surface area contributed by atoms with Gasteiger partial charge in [-0.1, -0.05) is 87.9 Å². The van der Waals surface area contributed by atoms with Crippen LogP contribution in [0.5, 0.6) is 0 Å². The van der Waals surface area contributed by atoms with Gasteiger partial charge in [-0.2, -0.15) is 0 Å². The molecule has 0 amide bonds. The third-order valence-electron chi connectivity index (χ3n) is 10.3. The first kappa shape index (κ1) is 31.9. The number of hydrogen-bond donors (Lipinski definition) is 3. The van der Waals surface area contributed by atoms with Crippen molar-refractivity contribution in [2.24, 2.45) is 35.3 Å². The molecule has 39 heavy (non-hydrogen) atoms. The Morgan fingerprint density at radius 2 is 1.69 bits per heavy atom. The van der Waals surface area contributed by atoms with Crippen LogP contribution in [0.4, 0.5) is 0 Å². The third-order valence-corrected chi connectivity index (χ3v) is 10.3. The molecule has 1 aromatic carbocycles. The number of aliphatic carboxylic acids is 1. The fraction of sp³-hybridized carbons (Fsp3) is 0.743. The zero-order valence-electron chi connectivity index (χ0n) is 24.9. The molecule has 0 radical (unpaired) electrons. The Morgan fingerprint density at radius 1 is 1.00 bits per heavy atom. The fourth-order valence-electron chi connectivity index (χ4n) is 8.49. The molecule has 3 rings (SSSR count). The van der Waals surface area contributed by atoms with Crippen LogP contribution in [0, 0.1) is 29.6 Å². The van der Waals surface area contributed by atoms with Crippen LogP contribution in [0.15, 0.2) is 42.5 Å². The molecule has 1 aromatic rings. The summed E-state index contributed by atoms with van der Waals surface area (Å²) < 4.78 is 0. The molecule has 2 fully saturated rings. The van der Waals surface area contributed by atoms with Gasteiger partial charge in [0.1, 0.15) is 0 Å². The van der Waals surface area contributed by atoms with E-state index in [4.69, 9.17) is 5.73 Å². The minimum Gasteiger partial charge on any atom is -0.481 e. The molecule has 0 bridgehead atoms. The third kappa shape index (κ3) is 8.43. The van der Waals surface area contributed by atoms with Crippen molar-refractivity contribution in [3.63, 3.8) is 0 Å². The number of allylic oxidation sites excluding steroid dienone is 2. The van der Waals surface area contributed by atoms with Gasteiger partial charge in [-0.25, -0.2) is 0 Å². The zero-order valence-corrected chi connectivity index (χ0v) is 24.9. The second-order valence-electron chi connectivity index (χ2n) is 12.7. The number of aliphatic hydroxyl groups is 1. The summed E-state index contributed by atoms with van der Waals surface area (Å²) in [6, 6.07) is 10.9. The Kier molecular flexibility index (Phi) is 13.5. The van der Waals surface area contributed by atoms with Crippen molar-refractivity contribution in [1.29, 1.82) is 0 Å². The summed E-state index contributed by atoms with van der Waals surface area (Å²) in [5.74, 6) is -0.675. The summed E-state index contributed by atoms with van der Waals surface area (Å²) in [6.07, 6.45) is 22.5. The van der Waals surface area contributed by atoms with Gasteiger partial charge in [-0.3, -0.25) is 4.79 Å². The van der Waals surface area contributed by atoms with E-state index in [1.807, 2.05) is 0 Å². The van der Waals surface area contributed by atoms with Crippen LogP contribution in [0.25, 0.3) is 0 Å². The van der Waals surface area contributed by atoms with Crippen molar-refractivity contribution >= 4 is 5.97 Å². The summed E-state index contributed by atoms with van der Waals surface area (Å²) in [5, 5.41) is 21.4. The molecule has 0 spiro atoms. The van der Waals surface area contributed by atoms with E-state index in [1.165, 1.54) is 56.9 Å². The van der Waals surface area contributed by atoms with Gasteiger partial charge in [0, 0.05) is 0 Å². The van der Waals surface area contributed by atoms with E-state index < -0.39 is 18.0 Å². The number of carboxylic acids is 1. The lowest BCUT2D eigenvalue weighted by molar-refractivity contribution is -0.155. The maximum Gasteiger partial charge on any atom is 0.309 e. The average Bonchev–Trinajstić information content (AvgIpc) is 2.94. The van der Waals surface area contributed by atoms with Crippen molar-refractivity contribution in [1.82, 2.24) is 0 Å². The first-order valence-electron chi connectivity index (χ1n) is 16.3. The highest BCUT2D eigenvalue weighted by Crippen LogP contribution is 2.57. The predicted octanol–water partition coefficient (Wildman–Crippen LogP) is 8.27. The van der Waals surface area contributed by atoms with Gasteiger partial charge in [-0.15, -0.1) is 0 Å². The molecule has 4 heteroatoms. The van der Waals surface area contributed by atoms with Gasteiger partial charge < -0.3 is 15.9 Å². The van der Waals surface area contributed by atoms with Gasteiger partial charge >= 0.3 is 5.97 Å². The minimum absolute atomic E-state index is 0.00883. The minimum atomic E-state index is -0.874. The molecule has 2 aliphatic rings. The number of nitrogens with two attached hydrogens (primary N) is 1. The molecular weight excluding hydrogens is 482 g/mol. The monoisotopic (exact) mass is 539 g/mol. The maximum atomic E-state index is 12.8. The van der Waals surface area contributed by atoms with Crippen LogP contribution in [0.2, 0.25) is 0 Å². The number of unbranched alkanes of at least 4 members (excludes halogenated alkanes) is 5. The molecule has 6 unspecified atom stereocenters. The first-order chi connectivity index (χ1) is 19.0. The number of carboxylic acid groups (broad SMARTS) is 1. The van der Waals surface area contributed by atoms with Gasteiger partial charge in [-0.05, 0) is 112 Å². The molecule has 4 N–H and O–H groups in total. The molecule has 220 valence electrons. The quantitative estimate of drug-likeness (QED) is 0.146. The van der Waals surface area contributed by atoms with Gasteiger partial charge in [0.05, 0.1) is 12.0 Å². The van der Waals surface area contributed by atoms with Crippen LogP contribution in [-0.2, 0) is 10.2 Å². The highest BCUT2D eigenvalue weighted by Gasteiger charge is 2.54. The molecule has 2 aliphatic carbocycles. The van der Waals surface area contributed by atoms with E-state index in [0.717, 1.165) is 51.4 Å². The smallest absolute Gasteiger partial charge is 0.309 e. The van der Waals surface area contributed by atoms with Crippen LogP contribution in [0.1, 0.15) is 122 Å². The summed E-state index contributed by atoms with van der Waals surface area (Å²) >= 11 is 0. The second kappa shape index (κ2) is 16.6. The van der Waals surface area contributed by atoms with Crippen LogP contribution in [-0.4, -0.2) is 28.8 Å². The number of aliphatic hydroxyl groups excluding tert-OH is 1. The normalized spacial score (nSPS) is 26.9. The average molecular weight is 540 g/mol. The van der Waals surface area contributed by atoms with Crippen molar-refractivity contribution in [2.45, 2.75) is 128 Å². The fourth-order valence-corrected chi connectivity index (χ4v) is 8.49. The Morgan fingerprint density at radius 3 is 2.31 bits per heavy atom. The zero-order chi connectivity index (χ0) is 28.1. The van der Waals surface area contributed by atoms with Crippen molar-refractivity contribution < 1.29 is 15.0 Å². The number of carbonyl (C=O) groups is 1. The van der Waals surface area contributed by atoms with Gasteiger partial charge in [0.15, 0.2) is 0 Å². The summed E-state index contributed by atoms with van der Waals surface area (Å²) in [6.45, 7) is 4.52. The second-order valence-corrected chi connectivity index (χ2v) is 12.7. The highest BCUT2D eigenvalue weighted by atomic mass is 16.4. The first-order valence-corrected chi connectivity index (χ1v) is 16.3. The van der Waals surface area contributed by atoms with Crippen LogP contribution >= 0.6 is 0 Å². The number of rotatable bonds is 16. The van der Waals surface area contributed by atoms with E-state index in [2.05, 4.69) is 49.4 Å². The molecule has 4 nitrogen and oxygen atoms in total. The predicted molar refractivity (Wildman–Crippen MR) is 163 cm³/mol. The lowest BCUT2D eigenvalue weighted by Crippen LogP contribution is -2.53. The number of benzene rings is 1. The van der Waals surface area contributed by atoms with Crippen molar-refractivity contribution in [3.05, 3.63) is 48.0 Å². The molecular formula is C35H57NO3. The molecule has 2 saturated carbocycles. The summed E-state index contributed by atoms with van der Waals surface area (Å²) in [7, 11) is 0. The maximum absolute atomic E-state index is 12.8. The lowest BCUT2D eigenvalue weighted by atomic mass is 9.49. The van der Waals surface area contributed by atoms with Crippen LogP contribution < -0.4 is 5.73 Å². The molecule has 0 heterocycles. The molecule has 6 atom stereocenters. The topological polar surface area (TPSA) is 83.5 Å². The molecule has 0 aromatic heterocycles. The standard InChI is InChI=1S/C35H57NO3/c1-3-4-5-6-7-8-9-10-13-18-28-21-22-31(33(30(28)23-26-36)32(27(2)37)34(38)39)35(24-16-12-17-25-35)29-19-14-11-15-20-29/h8-9,11,14-15,19-20,27-28,30-33,37H,3-7,10,12-13,16-18,21-26,36H2,1-2H3,(H,38,39). The largest absolute Gasteiger partial charge is 0.481 e. The van der Waals surface area contributed by atoms with E-state index in [-0.39, 0.29) is 23.2 Å². The van der Waals surface area contributed by atoms with Gasteiger partial charge in [0.25, 0.3) is 0 Å². The SMILES string of the molecule is CCCCCCC=CCCCC1CCC(C2(c3ccccc3)CCCCC2)C(C(C(=O)O)C(C)O)C1CCN. The number of hydrogen-bond acceptors (Lipinski definition) is 3.